The van der Waals surface area contributed by atoms with Crippen LogP contribution in [-0.2, 0) is 16.5 Å². The van der Waals surface area contributed by atoms with E-state index in [0.29, 0.717) is 11.6 Å². The molecule has 3 heterocycles. The molecule has 3 saturated heterocycles. The average molecular weight is 232 g/mol. The lowest BCUT2D eigenvalue weighted by atomic mass is 9.69. The number of ether oxygens (including phenoxy) is 1. The Labute approximate surface area is 90.0 Å². The van der Waals surface area contributed by atoms with Crippen LogP contribution in [-0.4, -0.2) is 41.9 Å². The van der Waals surface area contributed by atoms with E-state index in [2.05, 4.69) is 13.8 Å². The normalized spacial score (nSPS) is 65.1. The first kappa shape index (κ1) is 9.77. The number of hydrogen-bond donors (Lipinski definition) is 1. The molecule has 2 nitrogen and oxygen atoms in total. The third-order valence-electron chi connectivity index (χ3n) is 5.03. The molecular weight excluding hydrogens is 215 g/mol. The van der Waals surface area contributed by atoms with E-state index >= 15 is 0 Å². The molecule has 3 aliphatic heterocycles. The SMILES string of the molecule is C[C@@]12C[P@@]3(=S)C[C@]1(C)OC[C@@H]2[C@@H]3CO. The maximum Gasteiger partial charge on any atom is 0.0761 e. The van der Waals surface area contributed by atoms with Gasteiger partial charge in [0.05, 0.1) is 18.8 Å². The van der Waals surface area contributed by atoms with Crippen LogP contribution in [0.5, 0.6) is 0 Å². The van der Waals surface area contributed by atoms with Crippen molar-refractivity contribution in [1.82, 2.24) is 0 Å². The third kappa shape index (κ3) is 0.810. The van der Waals surface area contributed by atoms with Crippen LogP contribution in [0.4, 0.5) is 0 Å². The zero-order chi connectivity index (χ0) is 10.2. The summed E-state index contributed by atoms with van der Waals surface area (Å²) >= 11 is 5.84. The van der Waals surface area contributed by atoms with Crippen LogP contribution < -0.4 is 0 Å². The second-order valence-corrected chi connectivity index (χ2v) is 11.0. The predicted octanol–water partition coefficient (Wildman–Crippen LogP) is 1.27. The number of fused-ring (bicyclic) bond motifs is 1. The molecule has 1 N–H and O–H groups in total. The minimum absolute atomic E-state index is 0.0405. The standard InChI is InChI=1S/C10H17O2PS/c1-9-5-13(14)6-10(9,2)12-4-7(9)8(13)3-11/h7-8,11H,3-6H2,1-2H3/t7-,8+,9+,10+,13-/m1/s1. The molecular formula is C10H17O2PS. The van der Waals surface area contributed by atoms with Gasteiger partial charge in [0.1, 0.15) is 0 Å². The molecule has 5 atom stereocenters. The summed E-state index contributed by atoms with van der Waals surface area (Å²) in [5, 5.41) is 9.48. The zero-order valence-corrected chi connectivity index (χ0v) is 10.4. The van der Waals surface area contributed by atoms with E-state index in [9.17, 15) is 5.11 Å². The van der Waals surface area contributed by atoms with Gasteiger partial charge in [-0.05, 0) is 19.1 Å². The van der Waals surface area contributed by atoms with Crippen molar-refractivity contribution in [2.75, 3.05) is 25.5 Å². The number of aliphatic hydroxyl groups is 1. The highest BCUT2D eigenvalue weighted by Crippen LogP contribution is 2.79. The van der Waals surface area contributed by atoms with E-state index in [0.717, 1.165) is 12.8 Å². The molecule has 0 aliphatic carbocycles. The molecule has 3 rings (SSSR count). The van der Waals surface area contributed by atoms with Crippen LogP contribution in [0, 0.1) is 11.3 Å². The lowest BCUT2D eigenvalue weighted by molar-refractivity contribution is -0.00757. The van der Waals surface area contributed by atoms with E-state index < -0.39 is 6.04 Å². The van der Waals surface area contributed by atoms with Gasteiger partial charge in [0.25, 0.3) is 0 Å². The van der Waals surface area contributed by atoms with E-state index in [1.54, 1.807) is 0 Å². The first-order valence-corrected chi connectivity index (χ1v) is 8.52. The summed E-state index contributed by atoms with van der Waals surface area (Å²) in [7, 11) is 0. The first-order chi connectivity index (χ1) is 6.45. The fourth-order valence-electron chi connectivity index (χ4n) is 4.02. The topological polar surface area (TPSA) is 29.5 Å². The highest BCUT2D eigenvalue weighted by molar-refractivity contribution is 8.15. The minimum atomic E-state index is -1.31. The first-order valence-electron chi connectivity index (χ1n) is 5.28. The van der Waals surface area contributed by atoms with Gasteiger partial charge in [-0.2, -0.15) is 0 Å². The summed E-state index contributed by atoms with van der Waals surface area (Å²) in [4.78, 5) is 0. The van der Waals surface area contributed by atoms with Crippen LogP contribution in [0.1, 0.15) is 13.8 Å². The summed E-state index contributed by atoms with van der Waals surface area (Å²) in [5.41, 5.74) is 0.715. The molecule has 0 unspecified atom stereocenters. The molecule has 3 fully saturated rings. The monoisotopic (exact) mass is 232 g/mol. The van der Waals surface area contributed by atoms with Crippen LogP contribution in [0.2, 0.25) is 0 Å². The third-order valence-corrected chi connectivity index (χ3v) is 10.7. The van der Waals surface area contributed by atoms with Gasteiger partial charge in [-0.25, -0.2) is 0 Å². The largest absolute Gasteiger partial charge is 0.396 e. The fourth-order valence-corrected chi connectivity index (χ4v) is 11.3. The number of hydrogen-bond acceptors (Lipinski definition) is 3. The van der Waals surface area contributed by atoms with Gasteiger partial charge in [-0.3, -0.25) is 0 Å². The van der Waals surface area contributed by atoms with Gasteiger partial charge in [0, 0.05) is 23.2 Å². The van der Waals surface area contributed by atoms with Gasteiger partial charge in [-0.15, -0.1) is 0 Å². The Morgan fingerprint density at radius 1 is 1.50 bits per heavy atom. The van der Waals surface area contributed by atoms with Crippen molar-refractivity contribution in [2.45, 2.75) is 25.1 Å². The fraction of sp³-hybridized carbons (Fsp3) is 1.00. The predicted molar refractivity (Wildman–Crippen MR) is 60.8 cm³/mol. The molecule has 0 amide bonds. The van der Waals surface area contributed by atoms with E-state index in [1.165, 1.54) is 6.16 Å². The van der Waals surface area contributed by atoms with Crippen LogP contribution in [0.15, 0.2) is 0 Å². The van der Waals surface area contributed by atoms with Gasteiger partial charge in [0.2, 0.25) is 0 Å². The Kier molecular flexibility index (Phi) is 1.71. The van der Waals surface area contributed by atoms with Crippen molar-refractivity contribution in [2.24, 2.45) is 11.3 Å². The molecule has 0 saturated carbocycles. The summed E-state index contributed by atoms with van der Waals surface area (Å²) in [6.45, 7) is 5.68. The van der Waals surface area contributed by atoms with Crippen LogP contribution in [0.25, 0.3) is 0 Å². The van der Waals surface area contributed by atoms with Gasteiger partial charge < -0.3 is 9.84 Å². The maximum absolute atomic E-state index is 9.48. The van der Waals surface area contributed by atoms with Gasteiger partial charge in [0.15, 0.2) is 0 Å². The lowest BCUT2D eigenvalue weighted by Gasteiger charge is -2.39. The van der Waals surface area contributed by atoms with E-state index in [4.69, 9.17) is 16.5 Å². The summed E-state index contributed by atoms with van der Waals surface area (Å²) in [5.74, 6) is 0.539. The van der Waals surface area contributed by atoms with Crippen molar-refractivity contribution in [3.8, 4) is 0 Å². The summed E-state index contributed by atoms with van der Waals surface area (Å²) in [6, 6.07) is -1.31. The molecule has 0 aromatic rings. The molecule has 14 heavy (non-hydrogen) atoms. The minimum Gasteiger partial charge on any atom is -0.396 e. The van der Waals surface area contributed by atoms with Crippen molar-refractivity contribution in [1.29, 1.82) is 0 Å². The summed E-state index contributed by atoms with van der Waals surface area (Å²) in [6.07, 6.45) is 2.23. The lowest BCUT2D eigenvalue weighted by Crippen LogP contribution is -2.46. The molecule has 2 bridgehead atoms. The molecule has 3 aliphatic rings. The second-order valence-electron chi connectivity index (χ2n) is 5.58. The number of aliphatic hydroxyl groups excluding tert-OH is 1. The summed E-state index contributed by atoms with van der Waals surface area (Å²) < 4.78 is 5.97. The zero-order valence-electron chi connectivity index (χ0n) is 8.69. The van der Waals surface area contributed by atoms with Crippen molar-refractivity contribution >= 4 is 17.8 Å². The van der Waals surface area contributed by atoms with Crippen molar-refractivity contribution < 1.29 is 9.84 Å². The molecule has 0 aromatic heterocycles. The quantitative estimate of drug-likeness (QED) is 0.690. The smallest absolute Gasteiger partial charge is 0.0761 e. The van der Waals surface area contributed by atoms with E-state index in [1.807, 2.05) is 0 Å². The molecule has 80 valence electrons. The Morgan fingerprint density at radius 2 is 2.21 bits per heavy atom. The van der Waals surface area contributed by atoms with Crippen LogP contribution >= 0.6 is 6.04 Å². The highest BCUT2D eigenvalue weighted by atomic mass is 32.4. The Balaban J connectivity index is 2.15. The van der Waals surface area contributed by atoms with Gasteiger partial charge >= 0.3 is 0 Å². The Bertz CT molecular complexity index is 339. The van der Waals surface area contributed by atoms with Gasteiger partial charge in [-0.1, -0.05) is 18.7 Å². The molecule has 0 radical (unpaired) electrons. The van der Waals surface area contributed by atoms with Crippen LogP contribution in [0.3, 0.4) is 0 Å². The maximum atomic E-state index is 9.48. The Morgan fingerprint density at radius 3 is 2.86 bits per heavy atom. The molecule has 0 spiro atoms. The molecule has 4 heteroatoms. The van der Waals surface area contributed by atoms with Crippen molar-refractivity contribution in [3.63, 3.8) is 0 Å². The highest BCUT2D eigenvalue weighted by Gasteiger charge is 2.72. The number of rotatable bonds is 1. The second kappa shape index (κ2) is 2.45. The Hall–Kier alpha value is 0.570. The van der Waals surface area contributed by atoms with Crippen molar-refractivity contribution in [3.05, 3.63) is 0 Å². The molecule has 0 aromatic carbocycles. The van der Waals surface area contributed by atoms with E-state index in [-0.39, 0.29) is 17.6 Å². The average Bonchev–Trinajstić information content (AvgIpc) is 2.45.